The monoisotopic (exact) mass is 2090 g/mol. The molecule has 4 atom stereocenters. The zero-order valence-corrected chi connectivity index (χ0v) is 89.2. The molecule has 4 aromatic carbocycles. The summed E-state index contributed by atoms with van der Waals surface area (Å²) in [5, 5.41) is 3.97. The molecule has 1 unspecified atom stereocenters. The number of pyridine rings is 8. The Bertz CT molecular complexity index is 7420. The van der Waals surface area contributed by atoms with Gasteiger partial charge < -0.3 is 44.4 Å². The number of hydrogen-bond acceptors (Lipinski definition) is 28. The number of aryl methyl sites for hydroxylation is 2. The summed E-state index contributed by atoms with van der Waals surface area (Å²) in [4.78, 5) is 110. The van der Waals surface area contributed by atoms with E-state index in [0.29, 0.717) is 112 Å². The summed E-state index contributed by atoms with van der Waals surface area (Å²) in [6.07, 6.45) is 10.4. The zero-order chi connectivity index (χ0) is 106. The van der Waals surface area contributed by atoms with Crippen LogP contribution in [0.15, 0.2) is 237 Å². The lowest BCUT2D eigenvalue weighted by Crippen LogP contribution is -2.41. The van der Waals surface area contributed by atoms with Gasteiger partial charge in [0.25, 0.3) is 69.3 Å². The first kappa shape index (κ1) is 109. The SMILES string of the molecule is CC1CN(c2ncccc2C(=O)NS(=O)(=O)c2cccc(NCc3cccc(Cl)c3)n2)C(C)(C)C1.CCc1cc(OC)cc(-c2ccc(C(=O)NS(=O)(=O)c3cccnc3N(C)C)c(N3C[C@@H](C)CC3(C)C)n2)c1.C[C@@H]1CN(c2nc(-c3ccccc3Cl)ccc2C(=O)NS(=O)(=O)c2cccnc2N(C)C)C(C)(C)C1.Cc1ccc(F)cc1-c1ccc(C(=O)NS(=O)(=O)c2ccc[nH]c2=O)c(N2C[C@@H](C)CC2(C)C)n1. The van der Waals surface area contributed by atoms with Crippen LogP contribution in [0.25, 0.3) is 33.8 Å². The van der Waals surface area contributed by atoms with Crippen molar-refractivity contribution in [3.8, 4) is 39.5 Å². The van der Waals surface area contributed by atoms with Gasteiger partial charge in [-0.3, -0.25) is 24.0 Å². The first-order chi connectivity index (χ1) is 68.2. The Hall–Kier alpha value is -13.5. The summed E-state index contributed by atoms with van der Waals surface area (Å²) < 4.78 is 133. The molecule has 12 aromatic rings. The van der Waals surface area contributed by atoms with E-state index in [1.807, 2.05) is 78.9 Å². The summed E-state index contributed by atoms with van der Waals surface area (Å²) >= 11 is 12.4. The molecule has 40 heteroatoms. The van der Waals surface area contributed by atoms with E-state index < -0.39 is 80.0 Å². The number of hydrogen-bond donors (Lipinski definition) is 6. The Morgan fingerprint density at radius 2 is 0.890 bits per heavy atom. The molecule has 33 nitrogen and oxygen atoms in total. The van der Waals surface area contributed by atoms with Gasteiger partial charge in [-0.25, -0.2) is 83.4 Å². The number of carbonyl (C=O) groups is 4. The molecule has 0 bridgehead atoms. The van der Waals surface area contributed by atoms with Crippen LogP contribution in [0, 0.1) is 36.4 Å². The molecule has 145 heavy (non-hydrogen) atoms. The Morgan fingerprint density at radius 3 is 1.35 bits per heavy atom. The maximum Gasteiger partial charge on any atom is 0.281 e. The number of methoxy groups -OCH3 is 1. The lowest BCUT2D eigenvalue weighted by Gasteiger charge is -2.34. The van der Waals surface area contributed by atoms with Crippen molar-refractivity contribution in [1.29, 1.82) is 0 Å². The molecule has 0 aliphatic carbocycles. The van der Waals surface area contributed by atoms with Crippen LogP contribution in [0.2, 0.25) is 10.0 Å². The Balaban J connectivity index is 0.000000162. The molecule has 4 aliphatic rings. The fourth-order valence-electron chi connectivity index (χ4n) is 19.2. The van der Waals surface area contributed by atoms with Crippen LogP contribution in [0.3, 0.4) is 0 Å². The zero-order valence-electron chi connectivity index (χ0n) is 84.4. The molecular weight excluding hydrogens is 1970 g/mol. The topological polar surface area (TPSA) is 417 Å². The number of carbonyl (C=O) groups excluding carboxylic acids is 4. The standard InChI is InChI=1S/C29H37N5O4S.C26H30ClN5O3S.C25H28ClN5O3S.C25H27FN4O4S/c1-8-20-14-21(16-22(15-20)38-7)24-12-11-23(26(31-24)34-18-19(2)17-29(34,3)4)28(35)32-39(36,37)25-10-9-13-30-27(25)33(5)6;1-17-15-26(2,3)32(16-17)23-19(12-13-21(29-23)18-9-6-7-10-20(18)27)25(33)30-36(34,35)22-11-8-14-28-24(22)31(4)5;1-17-14-25(2,3)31(16-17)23-20(9-6-12-27-23)24(32)30-35(33,34)22-11-5-10-21(29-22)28-15-18-7-4-8-19(26)13-18;1-15-13-25(3,4)30(14-15)22-18(9-10-20(28-22)19-12-17(26)8-7-16(19)2)23(31)29-35(33,34)21-6-5-11-27-24(21)32/h9-16,19H,8,17-18H2,1-7H3,(H,32,35);6-14,17H,15-16H2,1-5H3,(H,30,33);4-13,17H,14-16H2,1-3H3,(H,28,29)(H,30,32);5-12,15H,13-14H2,1-4H3,(H,27,32)(H,29,31)/t19-;17-;;15-/m00.0/s1. The molecule has 8 aromatic heterocycles. The lowest BCUT2D eigenvalue weighted by atomic mass is 9.97. The number of aromatic amines is 1. The van der Waals surface area contributed by atoms with E-state index in [9.17, 15) is 62.0 Å². The second kappa shape index (κ2) is 44.2. The maximum absolute atomic E-state index is 14.0. The summed E-state index contributed by atoms with van der Waals surface area (Å²) in [7, 11) is -8.66. The van der Waals surface area contributed by atoms with Crippen molar-refractivity contribution in [2.45, 2.75) is 177 Å². The van der Waals surface area contributed by atoms with Gasteiger partial charge in [0.05, 0.1) is 46.4 Å². The van der Waals surface area contributed by atoms with Crippen molar-refractivity contribution in [3.05, 3.63) is 278 Å². The smallest absolute Gasteiger partial charge is 0.281 e. The number of nitrogens with one attached hydrogen (secondary N) is 6. The molecule has 4 aliphatic heterocycles. The average molecular weight is 2090 g/mol. The van der Waals surface area contributed by atoms with Gasteiger partial charge in [0.1, 0.15) is 62.1 Å². The number of H-pyrrole nitrogens is 1. The van der Waals surface area contributed by atoms with Crippen LogP contribution in [-0.2, 0) is 53.1 Å². The van der Waals surface area contributed by atoms with E-state index in [-0.39, 0.29) is 70.9 Å². The fourth-order valence-corrected chi connectivity index (χ4v) is 24.0. The van der Waals surface area contributed by atoms with Crippen LogP contribution in [-0.4, -0.2) is 181 Å². The molecule has 16 rings (SSSR count). The number of ether oxygens (including phenoxy) is 1. The van der Waals surface area contributed by atoms with Crippen LogP contribution in [0.5, 0.6) is 5.75 Å². The van der Waals surface area contributed by atoms with Crippen LogP contribution in [0.1, 0.15) is 174 Å². The predicted molar refractivity (Wildman–Crippen MR) is 566 cm³/mol. The highest BCUT2D eigenvalue weighted by molar-refractivity contribution is 7.91. The third-order valence-corrected chi connectivity index (χ3v) is 31.4. The van der Waals surface area contributed by atoms with Crippen molar-refractivity contribution in [2.75, 3.05) is 96.2 Å². The highest BCUT2D eigenvalue weighted by Gasteiger charge is 2.45. The summed E-state index contributed by atoms with van der Waals surface area (Å²) in [5.41, 5.74) is 5.41. The Morgan fingerprint density at radius 1 is 0.455 bits per heavy atom. The lowest BCUT2D eigenvalue weighted by molar-refractivity contribution is 0.0972. The van der Waals surface area contributed by atoms with Crippen molar-refractivity contribution < 1.29 is 62.0 Å². The third kappa shape index (κ3) is 25.5. The van der Waals surface area contributed by atoms with Gasteiger partial charge in [0, 0.05) is 135 Å². The number of aromatic nitrogens is 8. The van der Waals surface area contributed by atoms with Gasteiger partial charge in [-0.1, -0.05) is 100 Å². The van der Waals surface area contributed by atoms with E-state index in [1.54, 1.807) is 124 Å². The van der Waals surface area contributed by atoms with Crippen LogP contribution in [0.4, 0.5) is 45.1 Å². The highest BCUT2D eigenvalue weighted by Crippen LogP contribution is 2.45. The van der Waals surface area contributed by atoms with Crippen molar-refractivity contribution in [2.24, 2.45) is 23.7 Å². The highest BCUT2D eigenvalue weighted by atomic mass is 35.5. The molecule has 0 saturated carbocycles. The molecule has 4 amide bonds. The molecule has 4 saturated heterocycles. The van der Waals surface area contributed by atoms with E-state index in [2.05, 4.69) is 141 Å². The van der Waals surface area contributed by atoms with Crippen LogP contribution < -0.4 is 63.9 Å². The number of nitrogens with zero attached hydrogens (tertiary/aromatic N) is 13. The largest absolute Gasteiger partial charge is 0.497 e. The second-order valence-electron chi connectivity index (χ2n) is 39.8. The first-order valence-corrected chi connectivity index (χ1v) is 53.8. The van der Waals surface area contributed by atoms with Crippen molar-refractivity contribution in [3.63, 3.8) is 0 Å². The molecule has 12 heterocycles. The number of anilines is 7. The summed E-state index contributed by atoms with van der Waals surface area (Å²) in [5.74, 6) is 1.14. The Labute approximate surface area is 857 Å². The normalized spacial score (nSPS) is 17.1. The summed E-state index contributed by atoms with van der Waals surface area (Å²) in [6.45, 7) is 32.3. The van der Waals surface area contributed by atoms with Gasteiger partial charge in [-0.15, -0.1) is 0 Å². The Kier molecular flexibility index (Phi) is 33.1. The van der Waals surface area contributed by atoms with E-state index in [4.69, 9.17) is 42.9 Å². The molecule has 6 N–H and O–H groups in total. The molecule has 766 valence electrons. The number of benzene rings is 4. The number of halogens is 3. The first-order valence-electron chi connectivity index (χ1n) is 47.2. The minimum absolute atomic E-state index is 0.0425. The van der Waals surface area contributed by atoms with Gasteiger partial charge >= 0.3 is 0 Å². The van der Waals surface area contributed by atoms with Crippen molar-refractivity contribution >= 4 is 128 Å². The van der Waals surface area contributed by atoms with Gasteiger partial charge in [0.2, 0.25) is 0 Å². The van der Waals surface area contributed by atoms with Crippen LogP contribution >= 0.6 is 23.2 Å². The summed E-state index contributed by atoms with van der Waals surface area (Å²) in [6, 6.07) is 50.9. The van der Waals surface area contributed by atoms with Gasteiger partial charge in [-0.05, 0) is 280 Å². The minimum Gasteiger partial charge on any atom is -0.497 e. The van der Waals surface area contributed by atoms with E-state index in [1.165, 1.54) is 73.2 Å². The predicted octanol–water partition coefficient (Wildman–Crippen LogP) is 17.2. The van der Waals surface area contributed by atoms with Gasteiger partial charge in [-0.2, -0.15) is 8.42 Å². The molecule has 0 spiro atoms. The molecule has 4 fully saturated rings. The van der Waals surface area contributed by atoms with E-state index in [0.717, 1.165) is 78.3 Å². The number of rotatable bonds is 26. The second-order valence-corrected chi connectivity index (χ2v) is 47.2. The third-order valence-electron chi connectivity index (χ3n) is 25.5. The maximum atomic E-state index is 14.0. The fraction of sp³-hybridized carbons (Fsp3) is 0.352. The van der Waals surface area contributed by atoms with Crippen molar-refractivity contribution in [1.82, 2.24) is 58.8 Å². The number of amides is 4. The molecular formula is C105H122Cl2FN19O14S4. The molecule has 0 radical (unpaired) electrons. The average Bonchev–Trinajstić information content (AvgIpc) is 1.66. The van der Waals surface area contributed by atoms with Gasteiger partial charge in [0.15, 0.2) is 9.92 Å². The minimum atomic E-state index is -4.43. The quantitative estimate of drug-likeness (QED) is 0.0293. The number of sulfonamides is 4. The van der Waals surface area contributed by atoms with E-state index >= 15 is 0 Å².